The summed E-state index contributed by atoms with van der Waals surface area (Å²) in [4.78, 5) is 23.4. The van der Waals surface area contributed by atoms with E-state index < -0.39 is 0 Å². The second kappa shape index (κ2) is 5.62. The molecule has 3 heterocycles. The van der Waals surface area contributed by atoms with Crippen LogP contribution in [0.2, 0.25) is 0 Å². The summed E-state index contributed by atoms with van der Waals surface area (Å²) in [7, 11) is 0. The number of hydrogen-bond donors (Lipinski definition) is 2. The smallest absolute Gasteiger partial charge is 0.270 e. The summed E-state index contributed by atoms with van der Waals surface area (Å²) in [5, 5.41) is 2.82. The van der Waals surface area contributed by atoms with Crippen LogP contribution in [0.5, 0.6) is 0 Å². The number of rotatable bonds is 4. The molecule has 0 aromatic carbocycles. The standard InChI is InChI=1S/C15H15N5O/c1-11-14(19-10-18-11)9-17-15(21)13-8-12(4-5-16-13)20-6-2-3-7-20/h2-8,10H,9H2,1H3,(H,17,21)(H,18,19). The molecule has 0 radical (unpaired) electrons. The second-order valence-electron chi connectivity index (χ2n) is 4.65. The maximum absolute atomic E-state index is 12.2. The number of aromatic nitrogens is 4. The van der Waals surface area contributed by atoms with Crippen molar-refractivity contribution in [1.29, 1.82) is 0 Å². The number of amides is 1. The average molecular weight is 281 g/mol. The number of aryl methyl sites for hydroxylation is 1. The molecule has 0 aliphatic carbocycles. The highest BCUT2D eigenvalue weighted by molar-refractivity contribution is 5.92. The zero-order valence-corrected chi connectivity index (χ0v) is 11.6. The third-order valence-corrected chi connectivity index (χ3v) is 3.23. The molecule has 3 rings (SSSR count). The topological polar surface area (TPSA) is 75.6 Å². The molecule has 106 valence electrons. The van der Waals surface area contributed by atoms with E-state index in [1.807, 2.05) is 42.1 Å². The van der Waals surface area contributed by atoms with E-state index in [0.717, 1.165) is 17.1 Å². The van der Waals surface area contributed by atoms with Gasteiger partial charge in [-0.25, -0.2) is 4.98 Å². The Morgan fingerprint density at radius 1 is 1.33 bits per heavy atom. The highest BCUT2D eigenvalue weighted by Crippen LogP contribution is 2.09. The largest absolute Gasteiger partial charge is 0.348 e. The van der Waals surface area contributed by atoms with Crippen LogP contribution in [-0.4, -0.2) is 25.4 Å². The zero-order valence-electron chi connectivity index (χ0n) is 11.6. The van der Waals surface area contributed by atoms with E-state index in [0.29, 0.717) is 12.2 Å². The van der Waals surface area contributed by atoms with Crippen LogP contribution in [0.25, 0.3) is 5.69 Å². The van der Waals surface area contributed by atoms with Gasteiger partial charge in [-0.15, -0.1) is 0 Å². The fourth-order valence-corrected chi connectivity index (χ4v) is 2.03. The van der Waals surface area contributed by atoms with E-state index in [1.165, 1.54) is 0 Å². The number of nitrogens with zero attached hydrogens (tertiary/aromatic N) is 3. The number of carbonyl (C=O) groups is 1. The van der Waals surface area contributed by atoms with Gasteiger partial charge < -0.3 is 14.9 Å². The molecule has 0 saturated heterocycles. The van der Waals surface area contributed by atoms with Crippen molar-refractivity contribution in [2.24, 2.45) is 0 Å². The number of carbonyl (C=O) groups excluding carboxylic acids is 1. The first-order valence-electron chi connectivity index (χ1n) is 6.60. The Morgan fingerprint density at radius 3 is 2.86 bits per heavy atom. The number of nitrogens with one attached hydrogen (secondary N) is 2. The van der Waals surface area contributed by atoms with Gasteiger partial charge in [0, 0.05) is 30.0 Å². The molecule has 0 bridgehead atoms. The van der Waals surface area contributed by atoms with Gasteiger partial charge in [0.05, 0.1) is 18.6 Å². The van der Waals surface area contributed by atoms with Gasteiger partial charge in [-0.1, -0.05) is 0 Å². The van der Waals surface area contributed by atoms with Crippen LogP contribution in [0.15, 0.2) is 49.2 Å². The van der Waals surface area contributed by atoms with Crippen molar-refractivity contribution < 1.29 is 4.79 Å². The lowest BCUT2D eigenvalue weighted by molar-refractivity contribution is 0.0945. The third kappa shape index (κ3) is 2.84. The van der Waals surface area contributed by atoms with Crippen LogP contribution in [0.3, 0.4) is 0 Å². The molecule has 0 aliphatic rings. The summed E-state index contributed by atoms with van der Waals surface area (Å²) in [6.07, 6.45) is 7.08. The lowest BCUT2D eigenvalue weighted by Crippen LogP contribution is -2.24. The molecule has 0 saturated carbocycles. The molecule has 3 aromatic heterocycles. The molecule has 0 aliphatic heterocycles. The number of H-pyrrole nitrogens is 1. The molecule has 1 amide bonds. The minimum Gasteiger partial charge on any atom is -0.348 e. The Kier molecular flexibility index (Phi) is 3.51. The highest BCUT2D eigenvalue weighted by Gasteiger charge is 2.09. The predicted molar refractivity (Wildman–Crippen MR) is 78.1 cm³/mol. The van der Waals surface area contributed by atoms with E-state index in [9.17, 15) is 4.79 Å². The monoisotopic (exact) mass is 281 g/mol. The Bertz CT molecular complexity index is 745. The molecule has 3 aromatic rings. The van der Waals surface area contributed by atoms with Crippen molar-refractivity contribution in [3.63, 3.8) is 0 Å². The molecular formula is C15H15N5O. The van der Waals surface area contributed by atoms with Gasteiger partial charge in [-0.2, -0.15) is 0 Å². The molecule has 6 heteroatoms. The summed E-state index contributed by atoms with van der Waals surface area (Å²) >= 11 is 0. The van der Waals surface area contributed by atoms with Gasteiger partial charge in [-0.05, 0) is 31.2 Å². The van der Waals surface area contributed by atoms with Crippen LogP contribution in [0.1, 0.15) is 21.9 Å². The van der Waals surface area contributed by atoms with Gasteiger partial charge in [0.2, 0.25) is 0 Å². The van der Waals surface area contributed by atoms with Crippen molar-refractivity contribution in [3.05, 3.63) is 66.3 Å². The molecule has 0 spiro atoms. The summed E-state index contributed by atoms with van der Waals surface area (Å²) < 4.78 is 1.93. The first-order chi connectivity index (χ1) is 10.2. The van der Waals surface area contributed by atoms with E-state index in [-0.39, 0.29) is 5.91 Å². The van der Waals surface area contributed by atoms with E-state index >= 15 is 0 Å². The quantitative estimate of drug-likeness (QED) is 0.766. The normalized spacial score (nSPS) is 10.5. The Morgan fingerprint density at radius 2 is 2.14 bits per heavy atom. The zero-order chi connectivity index (χ0) is 14.7. The lowest BCUT2D eigenvalue weighted by Gasteiger charge is -2.06. The Labute approximate surface area is 121 Å². The molecular weight excluding hydrogens is 266 g/mol. The number of imidazole rings is 1. The van der Waals surface area contributed by atoms with Crippen LogP contribution in [0.4, 0.5) is 0 Å². The van der Waals surface area contributed by atoms with Crippen LogP contribution >= 0.6 is 0 Å². The fourth-order valence-electron chi connectivity index (χ4n) is 2.03. The first kappa shape index (κ1) is 13.1. The molecule has 0 fully saturated rings. The minimum absolute atomic E-state index is 0.216. The number of hydrogen-bond acceptors (Lipinski definition) is 3. The maximum Gasteiger partial charge on any atom is 0.270 e. The molecule has 0 atom stereocenters. The maximum atomic E-state index is 12.2. The van der Waals surface area contributed by atoms with Crippen molar-refractivity contribution in [1.82, 2.24) is 24.8 Å². The van der Waals surface area contributed by atoms with Crippen molar-refractivity contribution >= 4 is 5.91 Å². The molecule has 21 heavy (non-hydrogen) atoms. The van der Waals surface area contributed by atoms with Crippen molar-refractivity contribution in [2.75, 3.05) is 0 Å². The van der Waals surface area contributed by atoms with E-state index in [1.54, 1.807) is 18.6 Å². The Hall–Kier alpha value is -2.89. The molecule has 0 unspecified atom stereocenters. The van der Waals surface area contributed by atoms with Crippen molar-refractivity contribution in [3.8, 4) is 5.69 Å². The van der Waals surface area contributed by atoms with Gasteiger partial charge in [-0.3, -0.25) is 9.78 Å². The second-order valence-corrected chi connectivity index (χ2v) is 4.65. The van der Waals surface area contributed by atoms with E-state index in [4.69, 9.17) is 0 Å². The SMILES string of the molecule is Cc1[nH]cnc1CNC(=O)c1cc(-n2cccc2)ccn1. The average Bonchev–Trinajstić information content (AvgIpc) is 3.16. The minimum atomic E-state index is -0.216. The molecule has 6 nitrogen and oxygen atoms in total. The fraction of sp³-hybridized carbons (Fsp3) is 0.133. The summed E-state index contributed by atoms with van der Waals surface area (Å²) in [6, 6.07) is 7.47. The van der Waals surface area contributed by atoms with Crippen LogP contribution in [-0.2, 0) is 6.54 Å². The van der Waals surface area contributed by atoms with Gasteiger partial charge >= 0.3 is 0 Å². The third-order valence-electron chi connectivity index (χ3n) is 3.23. The predicted octanol–water partition coefficient (Wildman–Crippen LogP) is 1.83. The summed E-state index contributed by atoms with van der Waals surface area (Å²) in [5.41, 5.74) is 3.06. The van der Waals surface area contributed by atoms with Gasteiger partial charge in [0.1, 0.15) is 5.69 Å². The van der Waals surface area contributed by atoms with Crippen molar-refractivity contribution in [2.45, 2.75) is 13.5 Å². The highest BCUT2D eigenvalue weighted by atomic mass is 16.1. The number of pyridine rings is 1. The number of aromatic amines is 1. The van der Waals surface area contributed by atoms with Gasteiger partial charge in [0.15, 0.2) is 0 Å². The molecule has 2 N–H and O–H groups in total. The lowest BCUT2D eigenvalue weighted by atomic mass is 10.3. The van der Waals surface area contributed by atoms with Crippen LogP contribution < -0.4 is 5.32 Å². The summed E-state index contributed by atoms with van der Waals surface area (Å²) in [6.45, 7) is 2.29. The first-order valence-corrected chi connectivity index (χ1v) is 6.60. The van der Waals surface area contributed by atoms with E-state index in [2.05, 4.69) is 20.3 Å². The van der Waals surface area contributed by atoms with Crippen LogP contribution in [0, 0.1) is 6.92 Å². The summed E-state index contributed by atoms with van der Waals surface area (Å²) in [5.74, 6) is -0.216. The Balaban J connectivity index is 1.73. The van der Waals surface area contributed by atoms with Gasteiger partial charge in [0.25, 0.3) is 5.91 Å².